The van der Waals surface area contributed by atoms with Gasteiger partial charge in [-0.1, -0.05) is 32.0 Å². The summed E-state index contributed by atoms with van der Waals surface area (Å²) in [5, 5.41) is 11.9. The highest BCUT2D eigenvalue weighted by Gasteiger charge is 2.36. The first-order valence-corrected chi connectivity index (χ1v) is 13.7. The van der Waals surface area contributed by atoms with Gasteiger partial charge >= 0.3 is 5.97 Å². The van der Waals surface area contributed by atoms with Crippen LogP contribution in [0, 0.1) is 5.92 Å². The van der Waals surface area contributed by atoms with Crippen molar-refractivity contribution >= 4 is 28.8 Å². The first-order chi connectivity index (χ1) is 18.9. The van der Waals surface area contributed by atoms with E-state index in [1.165, 1.54) is 0 Å². The number of carboxylic acid groups (broad SMARTS) is 1. The molecule has 2 atom stereocenters. The predicted octanol–water partition coefficient (Wildman–Crippen LogP) is 5.19. The van der Waals surface area contributed by atoms with E-state index in [0.717, 1.165) is 46.8 Å². The van der Waals surface area contributed by atoms with Crippen LogP contribution >= 0.6 is 0 Å². The maximum Gasteiger partial charge on any atom is 0.354 e. The number of nitrogens with one attached hydrogen (secondary N) is 1. The fourth-order valence-corrected chi connectivity index (χ4v) is 5.77. The topological polar surface area (TPSA) is 81.2 Å². The zero-order valence-electron chi connectivity index (χ0n) is 22.3. The lowest BCUT2D eigenvalue weighted by Crippen LogP contribution is -2.36. The van der Waals surface area contributed by atoms with Gasteiger partial charge in [-0.3, -0.25) is 5.01 Å². The van der Waals surface area contributed by atoms with Crippen molar-refractivity contribution in [3.63, 3.8) is 0 Å². The average Bonchev–Trinajstić information content (AvgIpc) is 3.57. The summed E-state index contributed by atoms with van der Waals surface area (Å²) < 4.78 is 19.4. The first kappa shape index (κ1) is 25.6. The molecule has 0 spiro atoms. The Balaban J connectivity index is 1.42. The van der Waals surface area contributed by atoms with Gasteiger partial charge < -0.3 is 19.6 Å². The third-order valence-electron chi connectivity index (χ3n) is 7.85. The highest BCUT2D eigenvalue weighted by molar-refractivity contribution is 5.91. The Kier molecular flexibility index (Phi) is 6.86. The molecule has 6 rings (SSSR count). The summed E-state index contributed by atoms with van der Waals surface area (Å²) >= 11 is 0. The van der Waals surface area contributed by atoms with Gasteiger partial charge in [0.1, 0.15) is 6.17 Å². The summed E-state index contributed by atoms with van der Waals surface area (Å²) in [6.07, 6.45) is -0.289. The van der Waals surface area contributed by atoms with Crippen LogP contribution in [0.25, 0.3) is 11.1 Å². The number of alkyl halides is 1. The number of anilines is 4. The van der Waals surface area contributed by atoms with E-state index < -0.39 is 12.1 Å². The van der Waals surface area contributed by atoms with E-state index in [9.17, 15) is 14.3 Å². The van der Waals surface area contributed by atoms with Crippen LogP contribution in [-0.4, -0.2) is 61.6 Å². The number of rotatable bonds is 6. The average molecular weight is 532 g/mol. The number of aromatic nitrogens is 1. The smallest absolute Gasteiger partial charge is 0.354 e. The number of fused-ring (bicyclic) bond motifs is 1. The minimum atomic E-state index is -1.07. The van der Waals surface area contributed by atoms with Gasteiger partial charge in [0.25, 0.3) is 0 Å². The van der Waals surface area contributed by atoms with E-state index in [1.807, 2.05) is 34.2 Å². The lowest BCUT2D eigenvalue weighted by Gasteiger charge is -2.29. The zero-order valence-corrected chi connectivity index (χ0v) is 22.3. The van der Waals surface area contributed by atoms with Crippen molar-refractivity contribution in [1.29, 1.82) is 0 Å². The van der Waals surface area contributed by atoms with Crippen molar-refractivity contribution in [2.75, 3.05) is 54.2 Å². The monoisotopic (exact) mass is 531 g/mol. The minimum absolute atomic E-state index is 0.00631. The third kappa shape index (κ3) is 4.92. The van der Waals surface area contributed by atoms with E-state index >= 15 is 0 Å². The van der Waals surface area contributed by atoms with Gasteiger partial charge in [-0.25, -0.2) is 19.6 Å². The Morgan fingerprint density at radius 2 is 1.77 bits per heavy atom. The molecule has 0 saturated carbocycles. The predicted molar refractivity (Wildman–Crippen MR) is 151 cm³/mol. The van der Waals surface area contributed by atoms with Crippen molar-refractivity contribution in [3.05, 3.63) is 65.9 Å². The Morgan fingerprint density at radius 3 is 2.44 bits per heavy atom. The van der Waals surface area contributed by atoms with Crippen molar-refractivity contribution in [1.82, 2.24) is 10.4 Å². The molecule has 0 bridgehead atoms. The molecule has 2 unspecified atom stereocenters. The lowest BCUT2D eigenvalue weighted by molar-refractivity contribution is 0.0690. The van der Waals surface area contributed by atoms with E-state index in [4.69, 9.17) is 4.74 Å². The number of morpholine rings is 1. The number of halogens is 1. The van der Waals surface area contributed by atoms with E-state index in [0.29, 0.717) is 38.5 Å². The maximum absolute atomic E-state index is 13.9. The van der Waals surface area contributed by atoms with Crippen LogP contribution in [0.15, 0.2) is 54.6 Å². The third-order valence-corrected chi connectivity index (χ3v) is 7.85. The molecule has 204 valence electrons. The van der Waals surface area contributed by atoms with Gasteiger partial charge in [0, 0.05) is 43.1 Å². The normalized spacial score (nSPS) is 21.1. The molecule has 39 heavy (non-hydrogen) atoms. The first-order valence-electron chi connectivity index (χ1n) is 13.7. The van der Waals surface area contributed by atoms with E-state index in [1.54, 1.807) is 6.07 Å². The van der Waals surface area contributed by atoms with Gasteiger partial charge in [-0.15, -0.1) is 0 Å². The second-order valence-corrected chi connectivity index (χ2v) is 10.8. The van der Waals surface area contributed by atoms with Crippen molar-refractivity contribution in [3.8, 4) is 11.1 Å². The van der Waals surface area contributed by atoms with Crippen LogP contribution in [0.5, 0.6) is 0 Å². The second kappa shape index (κ2) is 10.5. The SMILES string of the molecule is CC(C)C1NN(c2cccc(N3CCC(F)C3)c2)c2nc(C(=O)O)cc(-c3ccc(N4CCOCC4)cc3)c21. The number of carbonyl (C=O) groups is 1. The standard InChI is InChI=1S/C30H34FN5O3/c1-19(2)28-27-25(20-6-8-22(9-7-20)34-12-14-39-15-13-34)17-26(30(37)38)32-29(27)36(33-28)24-5-3-4-23(16-24)35-11-10-21(31)18-35/h3-9,16-17,19,21,28,33H,10-15,18H2,1-2H3,(H,37,38). The van der Waals surface area contributed by atoms with Crippen molar-refractivity contribution in [2.24, 2.45) is 5.92 Å². The molecule has 3 aromatic rings. The molecule has 9 heteroatoms. The zero-order chi connectivity index (χ0) is 27.1. The molecule has 2 aromatic carbocycles. The number of pyridine rings is 1. The van der Waals surface area contributed by atoms with Crippen molar-refractivity contribution < 1.29 is 19.0 Å². The summed E-state index contributed by atoms with van der Waals surface area (Å²) in [7, 11) is 0. The van der Waals surface area contributed by atoms with E-state index in [-0.39, 0.29) is 17.7 Å². The summed E-state index contributed by atoms with van der Waals surface area (Å²) in [6, 6.07) is 17.9. The molecule has 3 aliphatic rings. The molecule has 8 nitrogen and oxygen atoms in total. The van der Waals surface area contributed by atoms with E-state index in [2.05, 4.69) is 53.4 Å². The fourth-order valence-electron chi connectivity index (χ4n) is 5.77. The molecular weight excluding hydrogens is 497 g/mol. The maximum atomic E-state index is 13.9. The lowest BCUT2D eigenvalue weighted by atomic mass is 9.90. The number of hydrazine groups is 1. The number of benzene rings is 2. The van der Waals surface area contributed by atoms with Gasteiger partial charge in [-0.2, -0.15) is 0 Å². The summed E-state index contributed by atoms with van der Waals surface area (Å²) in [5.74, 6) is -0.272. The van der Waals surface area contributed by atoms with Crippen LogP contribution in [-0.2, 0) is 4.74 Å². The van der Waals surface area contributed by atoms with Crippen molar-refractivity contribution in [2.45, 2.75) is 32.5 Å². The van der Waals surface area contributed by atoms with Crippen LogP contribution in [0.4, 0.5) is 27.3 Å². The minimum Gasteiger partial charge on any atom is -0.477 e. The Morgan fingerprint density at radius 1 is 1.03 bits per heavy atom. The second-order valence-electron chi connectivity index (χ2n) is 10.8. The number of aromatic carboxylic acids is 1. The number of hydrogen-bond donors (Lipinski definition) is 2. The van der Waals surface area contributed by atoms with Gasteiger partial charge in [0.05, 0.1) is 24.9 Å². The number of nitrogens with zero attached hydrogens (tertiary/aromatic N) is 4. The number of carboxylic acids is 1. The largest absolute Gasteiger partial charge is 0.477 e. The van der Waals surface area contributed by atoms with Crippen LogP contribution < -0.4 is 20.2 Å². The highest BCUT2D eigenvalue weighted by Crippen LogP contribution is 2.45. The Bertz CT molecular complexity index is 1360. The molecule has 3 aliphatic heterocycles. The molecule has 0 radical (unpaired) electrons. The van der Waals surface area contributed by atoms with Gasteiger partial charge in [0.2, 0.25) is 0 Å². The summed E-state index contributed by atoms with van der Waals surface area (Å²) in [6.45, 7) is 8.48. The molecule has 4 heterocycles. The number of ether oxygens (including phenoxy) is 1. The molecule has 2 N–H and O–H groups in total. The fraction of sp³-hybridized carbons (Fsp3) is 0.400. The molecule has 1 aromatic heterocycles. The van der Waals surface area contributed by atoms with Gasteiger partial charge in [-0.05, 0) is 59.9 Å². The Hall–Kier alpha value is -3.69. The highest BCUT2D eigenvalue weighted by atomic mass is 19.1. The summed E-state index contributed by atoms with van der Waals surface area (Å²) in [4.78, 5) is 21.2. The number of hydrogen-bond acceptors (Lipinski definition) is 7. The van der Waals surface area contributed by atoms with Gasteiger partial charge in [0.15, 0.2) is 11.5 Å². The molecule has 0 aliphatic carbocycles. The quantitative estimate of drug-likeness (QED) is 0.450. The molecule has 2 fully saturated rings. The molecular formula is C30H34FN5O3. The Labute approximate surface area is 228 Å². The molecule has 2 saturated heterocycles. The van der Waals surface area contributed by atoms with Crippen LogP contribution in [0.2, 0.25) is 0 Å². The van der Waals surface area contributed by atoms with Crippen LogP contribution in [0.3, 0.4) is 0 Å². The molecule has 0 amide bonds. The van der Waals surface area contributed by atoms with Crippen LogP contribution in [0.1, 0.15) is 42.4 Å². The summed E-state index contributed by atoms with van der Waals surface area (Å²) in [5.41, 5.74) is 9.28.